The topological polar surface area (TPSA) is 52.6 Å². The Morgan fingerprint density at radius 2 is 1.95 bits per heavy atom. The van der Waals surface area contributed by atoms with E-state index < -0.39 is 18.1 Å². The zero-order valence-electron chi connectivity index (χ0n) is 11.3. The molecule has 2 atom stereocenters. The first-order valence-corrected chi connectivity index (χ1v) is 6.65. The van der Waals surface area contributed by atoms with Crippen LogP contribution in [0, 0.1) is 5.92 Å². The van der Waals surface area contributed by atoms with Crippen molar-refractivity contribution in [1.82, 2.24) is 10.2 Å². The van der Waals surface area contributed by atoms with Crippen LogP contribution >= 0.6 is 0 Å². The Labute approximate surface area is 120 Å². The highest BCUT2D eigenvalue weighted by molar-refractivity contribution is 5.82. The van der Waals surface area contributed by atoms with Gasteiger partial charge in [-0.3, -0.25) is 9.69 Å². The summed E-state index contributed by atoms with van der Waals surface area (Å²) in [5.74, 6) is -2.34. The van der Waals surface area contributed by atoms with E-state index in [0.717, 1.165) is 5.56 Å². The van der Waals surface area contributed by atoms with Crippen LogP contribution in [0.3, 0.4) is 0 Å². The van der Waals surface area contributed by atoms with Gasteiger partial charge in [0.1, 0.15) is 0 Å². The largest absolute Gasteiger partial charge is 0.471 e. The number of carbonyl (C=O) groups excluding carboxylic acids is 1. The van der Waals surface area contributed by atoms with Crippen LogP contribution in [0.15, 0.2) is 30.3 Å². The molecule has 0 radical (unpaired) electrons. The minimum atomic E-state index is -4.90. The van der Waals surface area contributed by atoms with Crippen LogP contribution in [0.4, 0.5) is 13.2 Å². The number of aliphatic hydroxyl groups excluding tert-OH is 1. The van der Waals surface area contributed by atoms with Gasteiger partial charge < -0.3 is 10.4 Å². The van der Waals surface area contributed by atoms with Gasteiger partial charge in [-0.2, -0.15) is 13.2 Å². The number of nitrogens with one attached hydrogen (secondary N) is 1. The number of hydrogen-bond acceptors (Lipinski definition) is 3. The standard InChI is InChI=1S/C14H17F3N2O2/c15-14(16,17)13(21)18-12-8-19(7-11(12)9-20)6-10-4-2-1-3-5-10/h1-5,11-12,20H,6-9H2,(H,18,21). The lowest BCUT2D eigenvalue weighted by Crippen LogP contribution is -2.47. The summed E-state index contributed by atoms with van der Waals surface area (Å²) < 4.78 is 36.9. The number of nitrogens with zero attached hydrogens (tertiary/aromatic N) is 1. The molecule has 1 aliphatic rings. The average Bonchev–Trinajstić information content (AvgIpc) is 2.80. The fourth-order valence-electron chi connectivity index (χ4n) is 2.53. The molecule has 2 N–H and O–H groups in total. The molecule has 1 aliphatic heterocycles. The fraction of sp³-hybridized carbons (Fsp3) is 0.500. The Kier molecular flexibility index (Phi) is 4.84. The minimum absolute atomic E-state index is 0.256. The number of amides is 1. The number of halogens is 3. The first-order chi connectivity index (χ1) is 9.90. The molecule has 0 spiro atoms. The Hall–Kier alpha value is -1.60. The molecule has 1 aromatic rings. The molecule has 0 saturated carbocycles. The third-order valence-electron chi connectivity index (χ3n) is 3.57. The van der Waals surface area contributed by atoms with E-state index in [-0.39, 0.29) is 12.5 Å². The van der Waals surface area contributed by atoms with Crippen molar-refractivity contribution in [1.29, 1.82) is 0 Å². The number of alkyl halides is 3. The number of carbonyl (C=O) groups is 1. The number of hydrogen-bond donors (Lipinski definition) is 2. The molecular weight excluding hydrogens is 285 g/mol. The molecule has 1 aromatic carbocycles. The van der Waals surface area contributed by atoms with Gasteiger partial charge in [-0.25, -0.2) is 0 Å². The predicted molar refractivity (Wildman–Crippen MR) is 70.3 cm³/mol. The van der Waals surface area contributed by atoms with E-state index in [2.05, 4.69) is 0 Å². The van der Waals surface area contributed by atoms with Crippen molar-refractivity contribution >= 4 is 5.91 Å². The summed E-state index contributed by atoms with van der Waals surface area (Å²) in [6.07, 6.45) is -4.90. The van der Waals surface area contributed by atoms with Crippen LogP contribution in [0.25, 0.3) is 0 Å². The van der Waals surface area contributed by atoms with Gasteiger partial charge in [0.05, 0.1) is 0 Å². The third kappa shape index (κ3) is 4.18. The van der Waals surface area contributed by atoms with Gasteiger partial charge in [0, 0.05) is 38.2 Å². The predicted octanol–water partition coefficient (Wildman–Crippen LogP) is 1.16. The Morgan fingerprint density at radius 1 is 1.29 bits per heavy atom. The summed E-state index contributed by atoms with van der Waals surface area (Å²) in [6, 6.07) is 8.82. The van der Waals surface area contributed by atoms with Crippen LogP contribution in [0.1, 0.15) is 5.56 Å². The monoisotopic (exact) mass is 302 g/mol. The van der Waals surface area contributed by atoms with Crippen LogP contribution in [0.2, 0.25) is 0 Å². The van der Waals surface area contributed by atoms with Gasteiger partial charge in [-0.1, -0.05) is 30.3 Å². The highest BCUT2D eigenvalue weighted by atomic mass is 19.4. The van der Waals surface area contributed by atoms with Crippen molar-refractivity contribution in [3.63, 3.8) is 0 Å². The number of aliphatic hydroxyl groups is 1. The maximum atomic E-state index is 12.3. The van der Waals surface area contributed by atoms with Crippen LogP contribution < -0.4 is 5.32 Å². The van der Waals surface area contributed by atoms with Crippen LogP contribution in [-0.2, 0) is 11.3 Å². The Balaban J connectivity index is 1.96. The van der Waals surface area contributed by atoms with Crippen molar-refractivity contribution < 1.29 is 23.1 Å². The van der Waals surface area contributed by atoms with Crippen molar-refractivity contribution in [2.75, 3.05) is 19.7 Å². The first-order valence-electron chi connectivity index (χ1n) is 6.65. The molecule has 116 valence electrons. The van der Waals surface area contributed by atoms with Crippen LogP contribution in [-0.4, -0.2) is 47.8 Å². The van der Waals surface area contributed by atoms with Crippen LogP contribution in [0.5, 0.6) is 0 Å². The second-order valence-corrected chi connectivity index (χ2v) is 5.20. The third-order valence-corrected chi connectivity index (χ3v) is 3.57. The lowest BCUT2D eigenvalue weighted by atomic mass is 10.1. The molecule has 21 heavy (non-hydrogen) atoms. The second-order valence-electron chi connectivity index (χ2n) is 5.20. The smallest absolute Gasteiger partial charge is 0.396 e. The summed E-state index contributed by atoms with van der Waals surface area (Å²) in [5, 5.41) is 11.2. The molecule has 2 rings (SSSR count). The van der Waals surface area contributed by atoms with Crippen molar-refractivity contribution in [2.45, 2.75) is 18.8 Å². The van der Waals surface area contributed by atoms with E-state index in [9.17, 15) is 23.1 Å². The fourth-order valence-corrected chi connectivity index (χ4v) is 2.53. The summed E-state index contributed by atoms with van der Waals surface area (Å²) in [5.41, 5.74) is 1.04. The number of benzene rings is 1. The first kappa shape index (κ1) is 15.8. The molecule has 0 aliphatic carbocycles. The SMILES string of the molecule is O=C(NC1CN(Cc2ccccc2)CC1CO)C(F)(F)F. The van der Waals surface area contributed by atoms with Gasteiger partial charge in [0.25, 0.3) is 0 Å². The van der Waals surface area contributed by atoms with Gasteiger partial charge in [-0.05, 0) is 5.56 Å². The molecule has 7 heteroatoms. The number of rotatable bonds is 4. The quantitative estimate of drug-likeness (QED) is 0.877. The molecule has 0 aromatic heterocycles. The van der Waals surface area contributed by atoms with Gasteiger partial charge in [0.15, 0.2) is 0 Å². The zero-order valence-corrected chi connectivity index (χ0v) is 11.3. The summed E-state index contributed by atoms with van der Waals surface area (Å²) in [6.45, 7) is 1.07. The highest BCUT2D eigenvalue weighted by Crippen LogP contribution is 2.21. The van der Waals surface area contributed by atoms with Crippen molar-refractivity contribution in [2.24, 2.45) is 5.92 Å². The van der Waals surface area contributed by atoms with Gasteiger partial charge in [-0.15, -0.1) is 0 Å². The molecule has 0 bridgehead atoms. The second kappa shape index (κ2) is 6.44. The van der Waals surface area contributed by atoms with Crippen molar-refractivity contribution in [3.8, 4) is 0 Å². The molecule has 1 saturated heterocycles. The molecule has 4 nitrogen and oxygen atoms in total. The summed E-state index contributed by atoms with van der Waals surface area (Å²) in [4.78, 5) is 12.9. The summed E-state index contributed by atoms with van der Waals surface area (Å²) >= 11 is 0. The maximum Gasteiger partial charge on any atom is 0.471 e. The normalized spacial score (nSPS) is 23.2. The molecule has 2 unspecified atom stereocenters. The Bertz CT molecular complexity index is 479. The van der Waals surface area contributed by atoms with E-state index in [1.165, 1.54) is 0 Å². The van der Waals surface area contributed by atoms with E-state index in [1.807, 2.05) is 40.5 Å². The number of likely N-dealkylation sites (tertiary alicyclic amines) is 1. The lowest BCUT2D eigenvalue weighted by molar-refractivity contribution is -0.174. The van der Waals surface area contributed by atoms with Crippen molar-refractivity contribution in [3.05, 3.63) is 35.9 Å². The Morgan fingerprint density at radius 3 is 2.52 bits per heavy atom. The summed E-state index contributed by atoms with van der Waals surface area (Å²) in [7, 11) is 0. The maximum absolute atomic E-state index is 12.3. The van der Waals surface area contributed by atoms with E-state index in [4.69, 9.17) is 0 Å². The van der Waals surface area contributed by atoms with E-state index in [1.54, 1.807) is 0 Å². The van der Waals surface area contributed by atoms with E-state index >= 15 is 0 Å². The molecule has 1 heterocycles. The minimum Gasteiger partial charge on any atom is -0.396 e. The average molecular weight is 302 g/mol. The van der Waals surface area contributed by atoms with E-state index in [0.29, 0.717) is 19.6 Å². The molecule has 1 amide bonds. The van der Waals surface area contributed by atoms with Gasteiger partial charge >= 0.3 is 12.1 Å². The highest BCUT2D eigenvalue weighted by Gasteiger charge is 2.42. The molecular formula is C14H17F3N2O2. The molecule has 1 fully saturated rings. The zero-order chi connectivity index (χ0) is 15.5. The van der Waals surface area contributed by atoms with Gasteiger partial charge in [0.2, 0.25) is 0 Å². The lowest BCUT2D eigenvalue weighted by Gasteiger charge is -2.19.